The number of methoxy groups -OCH3 is 1. The molecule has 346 valence electrons. The quantitative estimate of drug-likeness (QED) is 0.0378. The highest BCUT2D eigenvalue weighted by atomic mass is 32.2. The maximum Gasteiger partial charge on any atom is 0.298 e. The Labute approximate surface area is 396 Å². The molecule has 68 heavy (non-hydrogen) atoms. The summed E-state index contributed by atoms with van der Waals surface area (Å²) in [5, 5.41) is 12.1. The first-order chi connectivity index (χ1) is 32.6. The van der Waals surface area contributed by atoms with E-state index in [1.54, 1.807) is 60.7 Å². The smallest absolute Gasteiger partial charge is 0.298 e. The number of benzene rings is 8. The van der Waals surface area contributed by atoms with Crippen molar-refractivity contribution in [3.63, 3.8) is 0 Å². The summed E-state index contributed by atoms with van der Waals surface area (Å²) in [7, 11) is -11.9. The summed E-state index contributed by atoms with van der Waals surface area (Å²) in [6.07, 6.45) is 0. The van der Waals surface area contributed by atoms with Gasteiger partial charge in [0.1, 0.15) is 45.1 Å². The van der Waals surface area contributed by atoms with Crippen LogP contribution in [0.3, 0.4) is 0 Å². The molecule has 0 amide bonds. The van der Waals surface area contributed by atoms with Gasteiger partial charge in [-0.05, 0) is 151 Å². The minimum atomic E-state index is -4.99. The van der Waals surface area contributed by atoms with Gasteiger partial charge in [-0.1, -0.05) is 71.3 Å². The van der Waals surface area contributed by atoms with E-state index in [9.17, 15) is 29.8 Å². The van der Waals surface area contributed by atoms with Crippen LogP contribution in [0.2, 0.25) is 0 Å². The average Bonchev–Trinajstić information content (AvgIpc) is 3.34. The Bertz CT molecular complexity index is 3400. The maximum absolute atomic E-state index is 13.5. The minimum absolute atomic E-state index is 0.0914. The van der Waals surface area contributed by atoms with E-state index in [1.807, 2.05) is 43.3 Å². The SMILES string of the molecule is COc1ccc(S(=O)(=O)c2ccc(Oc3ccc(-c4ccc(Oc5ccc(S(=O)(=O)c6ccc(Oc7ccc(-c8ccc(C)cc8)cc7)cc6)cc5)cc4)cc3)c(S(=O)(=O)O)c2)cc1SOOO. The second kappa shape index (κ2) is 20.1. The summed E-state index contributed by atoms with van der Waals surface area (Å²) >= 11 is 0.468. The van der Waals surface area contributed by atoms with Crippen LogP contribution in [-0.4, -0.2) is 42.2 Å². The monoisotopic (exact) mass is 990 g/mol. The lowest BCUT2D eigenvalue weighted by molar-refractivity contribution is -0.432. The fourth-order valence-electron chi connectivity index (χ4n) is 6.82. The Kier molecular flexibility index (Phi) is 14.0. The van der Waals surface area contributed by atoms with E-state index < -0.39 is 39.6 Å². The van der Waals surface area contributed by atoms with Gasteiger partial charge in [0, 0.05) is 0 Å². The third-order valence-corrected chi connectivity index (χ3v) is 15.4. The molecule has 2 N–H and O–H groups in total. The van der Waals surface area contributed by atoms with Crippen LogP contribution in [0.4, 0.5) is 0 Å². The molecule has 8 rings (SSSR count). The Morgan fingerprint density at radius 1 is 0.426 bits per heavy atom. The maximum atomic E-state index is 13.5. The van der Waals surface area contributed by atoms with Crippen LogP contribution in [0, 0.1) is 6.92 Å². The number of hydrogen-bond acceptors (Lipinski definition) is 14. The van der Waals surface area contributed by atoms with Crippen molar-refractivity contribution >= 4 is 41.8 Å². The summed E-state index contributed by atoms with van der Waals surface area (Å²) in [4.78, 5) is -1.22. The first-order valence-electron chi connectivity index (χ1n) is 20.2. The molecule has 0 aliphatic heterocycles. The van der Waals surface area contributed by atoms with Crippen molar-refractivity contribution in [3.05, 3.63) is 188 Å². The van der Waals surface area contributed by atoms with E-state index in [2.05, 4.69) is 33.6 Å². The van der Waals surface area contributed by atoms with Crippen molar-refractivity contribution < 1.29 is 63.4 Å². The van der Waals surface area contributed by atoms with Crippen LogP contribution < -0.4 is 18.9 Å². The Balaban J connectivity index is 0.886. The second-order valence-corrected chi connectivity index (χ2v) is 20.8. The molecule has 0 saturated carbocycles. The molecule has 0 atom stereocenters. The van der Waals surface area contributed by atoms with Gasteiger partial charge in [0.2, 0.25) is 19.7 Å². The molecule has 0 radical (unpaired) electrons. The number of hydrogen-bond donors (Lipinski definition) is 2. The predicted octanol–water partition coefficient (Wildman–Crippen LogP) is 12.1. The van der Waals surface area contributed by atoms with Gasteiger partial charge >= 0.3 is 0 Å². The van der Waals surface area contributed by atoms with Crippen LogP contribution in [-0.2, 0) is 39.2 Å². The highest BCUT2D eigenvalue weighted by Gasteiger charge is 2.26. The third-order valence-electron chi connectivity index (χ3n) is 10.4. The molecular weight excluding hydrogens is 953 g/mol. The van der Waals surface area contributed by atoms with Crippen molar-refractivity contribution in [2.75, 3.05) is 7.11 Å². The van der Waals surface area contributed by atoms with Gasteiger partial charge in [0.15, 0.2) is 0 Å². The number of aryl methyl sites for hydroxylation is 1. The van der Waals surface area contributed by atoms with Crippen LogP contribution >= 0.6 is 12.0 Å². The third kappa shape index (κ3) is 10.9. The Morgan fingerprint density at radius 3 is 1.19 bits per heavy atom. The van der Waals surface area contributed by atoms with E-state index in [0.717, 1.165) is 40.5 Å². The zero-order valence-electron chi connectivity index (χ0n) is 35.7. The van der Waals surface area contributed by atoms with Crippen LogP contribution in [0.15, 0.2) is 211 Å². The highest BCUT2D eigenvalue weighted by Crippen LogP contribution is 2.38. The van der Waals surface area contributed by atoms with Gasteiger partial charge in [0.05, 0.1) is 43.6 Å². The number of rotatable bonds is 17. The lowest BCUT2D eigenvalue weighted by Crippen LogP contribution is -2.07. The fourth-order valence-corrected chi connectivity index (χ4v) is 10.7. The zero-order valence-corrected chi connectivity index (χ0v) is 39.0. The molecule has 0 unspecified atom stereocenters. The lowest BCUT2D eigenvalue weighted by atomic mass is 10.0. The summed E-state index contributed by atoms with van der Waals surface area (Å²) in [5.74, 6) is 2.07. The van der Waals surface area contributed by atoms with Crippen LogP contribution in [0.5, 0.6) is 40.2 Å². The molecule has 0 aliphatic rings. The molecular formula is C50H38O14S4. The van der Waals surface area contributed by atoms with Crippen molar-refractivity contribution in [1.29, 1.82) is 0 Å². The first-order valence-corrected chi connectivity index (χ1v) is 25.3. The van der Waals surface area contributed by atoms with Crippen molar-refractivity contribution in [2.24, 2.45) is 0 Å². The van der Waals surface area contributed by atoms with Gasteiger partial charge in [0.25, 0.3) is 10.1 Å². The molecule has 8 aromatic rings. The van der Waals surface area contributed by atoms with E-state index in [0.29, 0.717) is 35.0 Å². The van der Waals surface area contributed by atoms with Crippen LogP contribution in [0.25, 0.3) is 22.3 Å². The molecule has 0 aromatic heterocycles. The molecule has 8 aromatic carbocycles. The molecule has 0 fully saturated rings. The van der Waals surface area contributed by atoms with Crippen LogP contribution in [0.1, 0.15) is 5.56 Å². The van der Waals surface area contributed by atoms with Gasteiger partial charge < -0.3 is 18.9 Å². The molecule has 0 spiro atoms. The van der Waals surface area contributed by atoms with Gasteiger partial charge in [-0.15, -0.1) is 4.33 Å². The van der Waals surface area contributed by atoms with E-state index in [4.69, 9.17) is 24.2 Å². The Hall–Kier alpha value is -7.00. The average molecular weight is 991 g/mol. The lowest BCUT2D eigenvalue weighted by Gasteiger charge is -2.13. The normalized spacial score (nSPS) is 11.8. The molecule has 0 bridgehead atoms. The summed E-state index contributed by atoms with van der Waals surface area (Å²) in [6, 6.07) is 48.6. The Morgan fingerprint density at radius 2 is 0.779 bits per heavy atom. The summed E-state index contributed by atoms with van der Waals surface area (Å²) < 4.78 is 116. The van der Waals surface area contributed by atoms with E-state index in [1.165, 1.54) is 55.1 Å². The van der Waals surface area contributed by atoms with E-state index in [-0.39, 0.29) is 36.8 Å². The number of sulfone groups is 2. The predicted molar refractivity (Wildman–Crippen MR) is 252 cm³/mol. The minimum Gasteiger partial charge on any atom is -0.495 e. The molecule has 18 heteroatoms. The second-order valence-electron chi connectivity index (χ2n) is 14.8. The van der Waals surface area contributed by atoms with E-state index >= 15 is 0 Å². The highest BCUT2D eigenvalue weighted by molar-refractivity contribution is 7.95. The standard InChI is InChI=1S/C50H38O14S4/c1-33-3-5-34(6-4-33)35-7-13-38(14-8-35)60-40-19-23-43(24-20-40)66(52,53)44-25-21-41(22-26-44)61-39-15-9-36(10-16-39)37-11-17-42(18-12-37)62-48-30-28-46(32-50(48)68(56,57)58)67(54,55)45-27-29-47(59-2)49(31-45)65-64-63-51/h3-32,51H,1-2H3,(H,56,57,58). The summed E-state index contributed by atoms with van der Waals surface area (Å²) in [5.41, 5.74) is 4.89. The van der Waals surface area contributed by atoms with Gasteiger partial charge in [-0.2, -0.15) is 8.42 Å². The van der Waals surface area contributed by atoms with Gasteiger partial charge in [-0.25, -0.2) is 22.1 Å². The summed E-state index contributed by atoms with van der Waals surface area (Å²) in [6.45, 7) is 2.04. The van der Waals surface area contributed by atoms with Crippen molar-refractivity contribution in [3.8, 4) is 62.5 Å². The first kappa shape index (κ1) is 47.5. The topological polar surface area (TPSA) is 198 Å². The largest absolute Gasteiger partial charge is 0.495 e. The fraction of sp³-hybridized carbons (Fsp3) is 0.0400. The van der Waals surface area contributed by atoms with Gasteiger partial charge in [-0.3, -0.25) is 4.55 Å². The molecule has 0 saturated heterocycles. The molecule has 0 heterocycles. The zero-order chi connectivity index (χ0) is 48.1. The molecule has 14 nitrogen and oxygen atoms in total. The van der Waals surface area contributed by atoms with Crippen molar-refractivity contribution in [1.82, 2.24) is 0 Å². The molecule has 0 aliphatic carbocycles. The van der Waals surface area contributed by atoms with Crippen molar-refractivity contribution in [2.45, 2.75) is 36.3 Å². The number of ether oxygens (including phenoxy) is 4.